The fourth-order valence-corrected chi connectivity index (χ4v) is 3.24. The van der Waals surface area contributed by atoms with Gasteiger partial charge < -0.3 is 19.5 Å². The van der Waals surface area contributed by atoms with Gasteiger partial charge in [0.15, 0.2) is 11.5 Å². The number of benzene rings is 1. The molecule has 0 aliphatic carbocycles. The van der Waals surface area contributed by atoms with Crippen LogP contribution in [-0.2, 0) is 9.53 Å². The van der Waals surface area contributed by atoms with Crippen molar-refractivity contribution in [1.82, 2.24) is 5.32 Å². The molecule has 2 aliphatic rings. The molecule has 2 atom stereocenters. The number of allylic oxidation sites excluding steroid dienone is 3. The van der Waals surface area contributed by atoms with Gasteiger partial charge in [0.1, 0.15) is 5.92 Å². The summed E-state index contributed by atoms with van der Waals surface area (Å²) in [4.78, 5) is 23.3. The molecule has 1 aromatic carbocycles. The lowest BCUT2D eigenvalue weighted by atomic mass is 9.83. The highest BCUT2D eigenvalue weighted by atomic mass is 19.3. The fourth-order valence-electron chi connectivity index (χ4n) is 3.24. The van der Waals surface area contributed by atoms with Gasteiger partial charge in [-0.05, 0) is 19.9 Å². The van der Waals surface area contributed by atoms with Gasteiger partial charge in [-0.25, -0.2) is 4.79 Å². The van der Waals surface area contributed by atoms with Crippen molar-refractivity contribution in [3.8, 4) is 11.5 Å². The zero-order valence-electron chi connectivity index (χ0n) is 14.9. The number of alkyl halides is 3. The van der Waals surface area contributed by atoms with Gasteiger partial charge in [-0.15, -0.1) is 0 Å². The van der Waals surface area contributed by atoms with Crippen LogP contribution in [0.4, 0.5) is 13.2 Å². The van der Waals surface area contributed by atoms with Crippen LogP contribution in [0.3, 0.4) is 0 Å². The van der Waals surface area contributed by atoms with E-state index in [2.05, 4.69) is 10.1 Å². The number of dihydropyridines is 1. The monoisotopic (exact) mass is 400 g/mol. The van der Waals surface area contributed by atoms with Crippen molar-refractivity contribution in [2.75, 3.05) is 7.11 Å². The first kappa shape index (κ1) is 19.5. The van der Waals surface area contributed by atoms with E-state index in [1.807, 2.05) is 0 Å². The minimum absolute atomic E-state index is 0.0806. The Morgan fingerprint density at radius 1 is 1.32 bits per heavy atom. The predicted molar refractivity (Wildman–Crippen MR) is 87.8 cm³/mol. The zero-order valence-corrected chi connectivity index (χ0v) is 14.9. The number of nitrogens with zero attached hydrogens (tertiary/aromatic N) is 1. The highest BCUT2D eigenvalue weighted by molar-refractivity contribution is 5.92. The summed E-state index contributed by atoms with van der Waals surface area (Å²) in [6.07, 6.45) is -7.35. The molecule has 0 aromatic heterocycles. The van der Waals surface area contributed by atoms with E-state index in [0.29, 0.717) is 0 Å². The Labute approximate surface area is 156 Å². The summed E-state index contributed by atoms with van der Waals surface area (Å²) in [6.45, 7) is 2.92. The fraction of sp³-hybridized carbons (Fsp3) is 0.353. The molecular formula is C17H15F3N2O6. The van der Waals surface area contributed by atoms with Crippen LogP contribution >= 0.6 is 0 Å². The first-order valence-electron chi connectivity index (χ1n) is 8.00. The van der Waals surface area contributed by atoms with E-state index < -0.39 is 46.5 Å². The molecule has 2 heterocycles. The Morgan fingerprint density at radius 2 is 2.00 bits per heavy atom. The van der Waals surface area contributed by atoms with E-state index in [-0.39, 0.29) is 22.5 Å². The number of hydrogen-bond acceptors (Lipinski definition) is 7. The molecule has 1 aromatic rings. The van der Waals surface area contributed by atoms with E-state index >= 15 is 0 Å². The largest absolute Gasteiger partial charge is 0.468 e. The molecular weight excluding hydrogens is 385 g/mol. The van der Waals surface area contributed by atoms with Gasteiger partial charge in [0.05, 0.1) is 23.3 Å². The lowest BCUT2D eigenvalue weighted by Gasteiger charge is -2.32. The summed E-state index contributed by atoms with van der Waals surface area (Å²) in [5, 5.41) is 14.4. The number of halogens is 3. The highest BCUT2D eigenvalue weighted by Crippen LogP contribution is 2.49. The second kappa shape index (κ2) is 6.73. The molecule has 0 spiro atoms. The first-order chi connectivity index (χ1) is 13.1. The summed E-state index contributed by atoms with van der Waals surface area (Å²) in [5.41, 5.74) is -0.267. The highest BCUT2D eigenvalue weighted by Gasteiger charge is 2.51. The third-order valence-corrected chi connectivity index (χ3v) is 4.38. The Hall–Kier alpha value is -3.24. The van der Waals surface area contributed by atoms with Crippen LogP contribution < -0.4 is 14.8 Å². The number of rotatable bonds is 3. The maximum atomic E-state index is 13.8. The molecule has 2 unspecified atom stereocenters. The molecule has 2 aliphatic heterocycles. The van der Waals surface area contributed by atoms with Crippen LogP contribution in [-0.4, -0.2) is 30.5 Å². The van der Waals surface area contributed by atoms with Gasteiger partial charge in [-0.2, -0.15) is 13.2 Å². The van der Waals surface area contributed by atoms with Crippen molar-refractivity contribution in [1.29, 1.82) is 0 Å². The number of nitrogens with one attached hydrogen (secondary N) is 1. The van der Waals surface area contributed by atoms with Gasteiger partial charge in [0.25, 0.3) is 5.70 Å². The average Bonchev–Trinajstić information content (AvgIpc) is 2.60. The van der Waals surface area contributed by atoms with Crippen molar-refractivity contribution in [3.63, 3.8) is 0 Å². The van der Waals surface area contributed by atoms with E-state index in [1.165, 1.54) is 26.0 Å². The Balaban J connectivity index is 2.26. The van der Waals surface area contributed by atoms with E-state index in [9.17, 15) is 28.1 Å². The number of nitro groups is 1. The smallest absolute Gasteiger partial charge is 0.466 e. The standard InChI is InChI=1S/C17H15F3N2O6/c1-7-11(15(23)26-3)12(13(22(24)25)8(2)21-7)9-5-4-6-10-14(9)27-16(18)17(19,20)28-10/h4-6,12,16,21H,1-3H3. The quantitative estimate of drug-likeness (QED) is 0.473. The number of carbonyl (C=O) groups is 1. The van der Waals surface area contributed by atoms with Gasteiger partial charge >= 0.3 is 18.4 Å². The van der Waals surface area contributed by atoms with Crippen molar-refractivity contribution in [2.45, 2.75) is 32.2 Å². The van der Waals surface area contributed by atoms with Crippen LogP contribution in [0.15, 0.2) is 40.9 Å². The number of carbonyl (C=O) groups excluding carboxylic acids is 1. The maximum Gasteiger partial charge on any atom is 0.468 e. The van der Waals surface area contributed by atoms with Gasteiger partial charge in [-0.3, -0.25) is 10.1 Å². The summed E-state index contributed by atoms with van der Waals surface area (Å²) in [6, 6.07) is 3.70. The van der Waals surface area contributed by atoms with Crippen LogP contribution in [0.5, 0.6) is 11.5 Å². The minimum Gasteiger partial charge on any atom is -0.466 e. The number of fused-ring (bicyclic) bond motifs is 1. The molecule has 0 saturated carbocycles. The molecule has 0 bridgehead atoms. The molecule has 0 radical (unpaired) electrons. The summed E-state index contributed by atoms with van der Waals surface area (Å²) < 4.78 is 54.6. The summed E-state index contributed by atoms with van der Waals surface area (Å²) in [5.74, 6) is -3.19. The second-order valence-electron chi connectivity index (χ2n) is 6.13. The van der Waals surface area contributed by atoms with Gasteiger partial charge in [-0.1, -0.05) is 12.1 Å². The molecule has 150 valence electrons. The SMILES string of the molecule is COC(=O)C1=C(C)NC(C)=C([N+](=O)[O-])C1c1cccc2c1OC(F)C(F)(F)O2. The topological polar surface area (TPSA) is 99.9 Å². The Morgan fingerprint density at radius 3 is 2.61 bits per heavy atom. The number of para-hydroxylation sites is 1. The van der Waals surface area contributed by atoms with Crippen LogP contribution in [0.1, 0.15) is 25.3 Å². The van der Waals surface area contributed by atoms with Crippen molar-refractivity contribution >= 4 is 5.97 Å². The molecule has 3 rings (SSSR count). The Kier molecular flexibility index (Phi) is 4.69. The van der Waals surface area contributed by atoms with Gasteiger partial charge in [0.2, 0.25) is 0 Å². The Bertz CT molecular complexity index is 927. The number of methoxy groups -OCH3 is 1. The molecule has 11 heteroatoms. The van der Waals surface area contributed by atoms with Crippen molar-refractivity contribution in [2.24, 2.45) is 0 Å². The van der Waals surface area contributed by atoms with Crippen molar-refractivity contribution in [3.05, 3.63) is 56.5 Å². The predicted octanol–water partition coefficient (Wildman–Crippen LogP) is 2.99. The summed E-state index contributed by atoms with van der Waals surface area (Å²) in [7, 11) is 1.09. The number of esters is 1. The van der Waals surface area contributed by atoms with Crippen LogP contribution in [0.2, 0.25) is 0 Å². The lowest BCUT2D eigenvalue weighted by molar-refractivity contribution is -0.431. The van der Waals surface area contributed by atoms with E-state index in [0.717, 1.165) is 13.2 Å². The molecule has 1 N–H and O–H groups in total. The van der Waals surface area contributed by atoms with Crippen LogP contribution in [0, 0.1) is 10.1 Å². The third-order valence-electron chi connectivity index (χ3n) is 4.38. The zero-order chi connectivity index (χ0) is 20.8. The van der Waals surface area contributed by atoms with Crippen LogP contribution in [0.25, 0.3) is 0 Å². The molecule has 0 fully saturated rings. The summed E-state index contributed by atoms with van der Waals surface area (Å²) >= 11 is 0. The lowest BCUT2D eigenvalue weighted by Crippen LogP contribution is -2.43. The minimum atomic E-state index is -4.23. The van der Waals surface area contributed by atoms with E-state index in [1.54, 1.807) is 0 Å². The molecule has 0 amide bonds. The third kappa shape index (κ3) is 3.02. The number of ether oxygens (including phenoxy) is 3. The van der Waals surface area contributed by atoms with Gasteiger partial charge in [0, 0.05) is 11.3 Å². The van der Waals surface area contributed by atoms with E-state index in [4.69, 9.17) is 9.47 Å². The molecule has 28 heavy (non-hydrogen) atoms. The molecule has 8 nitrogen and oxygen atoms in total. The normalized spacial score (nSPS) is 23.2. The first-order valence-corrected chi connectivity index (χ1v) is 8.00. The molecule has 0 saturated heterocycles. The second-order valence-corrected chi connectivity index (χ2v) is 6.13. The maximum absolute atomic E-state index is 13.8. The number of hydrogen-bond donors (Lipinski definition) is 1. The van der Waals surface area contributed by atoms with Crippen molar-refractivity contribution < 1.29 is 37.1 Å². The average molecular weight is 400 g/mol.